The minimum absolute atomic E-state index is 0.144. The molecular formula is C22H25ClFN7O2. The monoisotopic (exact) mass is 473 g/mol. The quantitative estimate of drug-likeness (QED) is 0.552. The van der Waals surface area contributed by atoms with Gasteiger partial charge in [0.2, 0.25) is 5.95 Å². The van der Waals surface area contributed by atoms with E-state index in [1.165, 1.54) is 22.9 Å². The normalized spacial score (nSPS) is 21.9. The summed E-state index contributed by atoms with van der Waals surface area (Å²) in [6.45, 7) is 3.95. The van der Waals surface area contributed by atoms with Crippen molar-refractivity contribution in [2.45, 2.75) is 32.5 Å². The Morgan fingerprint density at radius 3 is 2.64 bits per heavy atom. The predicted molar refractivity (Wildman–Crippen MR) is 121 cm³/mol. The van der Waals surface area contributed by atoms with Crippen molar-refractivity contribution in [3.63, 3.8) is 0 Å². The Balaban J connectivity index is 1.32. The van der Waals surface area contributed by atoms with Crippen molar-refractivity contribution in [2.24, 2.45) is 11.8 Å². The lowest BCUT2D eigenvalue weighted by molar-refractivity contribution is 0.113. The molecule has 1 aromatic carbocycles. The fourth-order valence-electron chi connectivity index (χ4n) is 4.77. The highest BCUT2D eigenvalue weighted by Crippen LogP contribution is 2.40. The highest BCUT2D eigenvalue weighted by molar-refractivity contribution is 6.30. The van der Waals surface area contributed by atoms with Crippen LogP contribution >= 0.6 is 11.6 Å². The number of nitrogens with one attached hydrogen (secondary N) is 1. The largest absolute Gasteiger partial charge is 0.424 e. The van der Waals surface area contributed by atoms with Crippen molar-refractivity contribution in [2.75, 3.05) is 30.4 Å². The van der Waals surface area contributed by atoms with Crippen LogP contribution in [-0.2, 0) is 11.5 Å². The van der Waals surface area contributed by atoms with Crippen LogP contribution in [0.5, 0.6) is 11.8 Å². The number of hydrogen-bond donors (Lipinski definition) is 1. The van der Waals surface area contributed by atoms with Crippen molar-refractivity contribution in [1.29, 1.82) is 0 Å². The molecule has 1 saturated carbocycles. The molecule has 174 valence electrons. The van der Waals surface area contributed by atoms with Gasteiger partial charge in [-0.05, 0) is 43.7 Å². The van der Waals surface area contributed by atoms with Gasteiger partial charge in [0.05, 0.1) is 0 Å². The summed E-state index contributed by atoms with van der Waals surface area (Å²) in [6.07, 6.45) is 3.89. The Kier molecular flexibility index (Phi) is 6.03. The Bertz CT molecular complexity index is 1110. The Labute approximate surface area is 195 Å². The lowest BCUT2D eigenvalue weighted by Gasteiger charge is -2.38. The molecule has 0 spiro atoms. The molecule has 11 heteroatoms. The summed E-state index contributed by atoms with van der Waals surface area (Å²) in [7, 11) is 1.56. The summed E-state index contributed by atoms with van der Waals surface area (Å²) < 4.78 is 26.2. The Morgan fingerprint density at radius 2 is 1.94 bits per heavy atom. The molecule has 33 heavy (non-hydrogen) atoms. The zero-order valence-corrected chi connectivity index (χ0v) is 19.2. The zero-order chi connectivity index (χ0) is 22.9. The van der Waals surface area contributed by atoms with Crippen LogP contribution in [0, 0.1) is 24.6 Å². The highest BCUT2D eigenvalue weighted by Gasteiger charge is 2.43. The van der Waals surface area contributed by atoms with E-state index >= 15 is 0 Å². The maximum Gasteiger partial charge on any atom is 0.324 e. The number of anilines is 2. The van der Waals surface area contributed by atoms with Crippen molar-refractivity contribution >= 4 is 23.4 Å². The van der Waals surface area contributed by atoms with Gasteiger partial charge in [0.25, 0.3) is 0 Å². The van der Waals surface area contributed by atoms with Gasteiger partial charge in [0.15, 0.2) is 0 Å². The van der Waals surface area contributed by atoms with Crippen molar-refractivity contribution in [3.05, 3.63) is 47.1 Å². The van der Waals surface area contributed by atoms with E-state index < -0.39 is 5.82 Å². The molecule has 2 unspecified atom stereocenters. The number of aromatic nitrogens is 5. The molecule has 1 saturated heterocycles. The summed E-state index contributed by atoms with van der Waals surface area (Å²) in [4.78, 5) is 15.5. The van der Waals surface area contributed by atoms with Crippen LogP contribution < -0.4 is 15.0 Å². The number of aryl methyl sites for hydroxylation is 1. The molecule has 1 aliphatic heterocycles. The smallest absolute Gasteiger partial charge is 0.324 e. The van der Waals surface area contributed by atoms with Gasteiger partial charge < -0.3 is 19.7 Å². The molecule has 2 aliphatic rings. The Hall–Kier alpha value is -2.98. The lowest BCUT2D eigenvalue weighted by atomic mass is 9.92. The second kappa shape index (κ2) is 9.11. The Morgan fingerprint density at radius 1 is 1.15 bits per heavy atom. The molecule has 2 fully saturated rings. The maximum atomic E-state index is 13.7. The van der Waals surface area contributed by atoms with Crippen molar-refractivity contribution < 1.29 is 13.9 Å². The van der Waals surface area contributed by atoms with Crippen LogP contribution in [0.3, 0.4) is 0 Å². The van der Waals surface area contributed by atoms with Crippen molar-refractivity contribution in [3.8, 4) is 11.8 Å². The molecule has 3 heterocycles. The highest BCUT2D eigenvalue weighted by atomic mass is 35.5. The lowest BCUT2D eigenvalue weighted by Crippen LogP contribution is -2.48. The summed E-state index contributed by atoms with van der Waals surface area (Å²) in [5, 5.41) is 8.26. The number of benzene rings is 1. The minimum atomic E-state index is -0.490. The fraction of sp³-hybridized carbons (Fsp3) is 0.455. The third-order valence-electron chi connectivity index (χ3n) is 6.18. The van der Waals surface area contributed by atoms with Gasteiger partial charge in [0, 0.05) is 49.1 Å². The van der Waals surface area contributed by atoms with Crippen molar-refractivity contribution in [1.82, 2.24) is 24.7 Å². The number of fused-ring (bicyclic) bond motifs is 2. The summed E-state index contributed by atoms with van der Waals surface area (Å²) in [5.74, 6) is 2.07. The standard InChI is InChI=1S/C22H25ClFN7O2/c1-13-5-19(26-11-25-13)30-9-14-3-4-15(10-30)20(14)27-21-28-22(31(29-21)12-32-2)33-18-7-16(23)6-17(24)8-18/h5-8,11,14-15,20H,3-4,9-10,12H2,1-2H3,(H,27,29). The topological polar surface area (TPSA) is 90.2 Å². The molecule has 3 aromatic rings. The number of rotatable bonds is 7. The second-order valence-corrected chi connectivity index (χ2v) is 8.97. The van der Waals surface area contributed by atoms with Crippen LogP contribution in [0.2, 0.25) is 5.02 Å². The molecule has 2 aromatic heterocycles. The third-order valence-corrected chi connectivity index (χ3v) is 6.40. The van der Waals surface area contributed by atoms with Gasteiger partial charge in [0.1, 0.15) is 30.4 Å². The summed E-state index contributed by atoms with van der Waals surface area (Å²) in [5.41, 5.74) is 0.965. The molecule has 9 nitrogen and oxygen atoms in total. The first kappa shape index (κ1) is 21.8. The van der Waals surface area contributed by atoms with Crippen LogP contribution in [0.1, 0.15) is 18.5 Å². The number of piperidine rings is 1. The molecule has 2 bridgehead atoms. The number of methoxy groups -OCH3 is 1. The van der Waals surface area contributed by atoms with E-state index in [0.29, 0.717) is 17.8 Å². The molecule has 1 aliphatic carbocycles. The van der Waals surface area contributed by atoms with Crippen LogP contribution in [-0.4, -0.2) is 51.0 Å². The van der Waals surface area contributed by atoms with Gasteiger partial charge in [-0.15, -0.1) is 5.10 Å². The van der Waals surface area contributed by atoms with E-state index in [9.17, 15) is 4.39 Å². The first-order valence-electron chi connectivity index (χ1n) is 10.9. The molecular weight excluding hydrogens is 449 g/mol. The number of hydrogen-bond acceptors (Lipinski definition) is 8. The molecule has 0 radical (unpaired) electrons. The first-order chi connectivity index (χ1) is 16.0. The summed E-state index contributed by atoms with van der Waals surface area (Å²) in [6, 6.07) is 6.46. The van der Waals surface area contributed by atoms with Gasteiger partial charge >= 0.3 is 6.01 Å². The third kappa shape index (κ3) is 4.72. The molecule has 1 N–H and O–H groups in total. The fourth-order valence-corrected chi connectivity index (χ4v) is 4.98. The van der Waals surface area contributed by atoms with Crippen LogP contribution in [0.25, 0.3) is 0 Å². The number of nitrogens with zero attached hydrogens (tertiary/aromatic N) is 6. The predicted octanol–water partition coefficient (Wildman–Crippen LogP) is 3.89. The average Bonchev–Trinajstić information content (AvgIpc) is 3.22. The summed E-state index contributed by atoms with van der Waals surface area (Å²) >= 11 is 5.94. The van der Waals surface area contributed by atoms with E-state index in [4.69, 9.17) is 21.1 Å². The van der Waals surface area contributed by atoms with E-state index in [2.05, 4.69) is 30.3 Å². The molecule has 0 amide bonds. The van der Waals surface area contributed by atoms with E-state index in [1.807, 2.05) is 13.0 Å². The number of halogens is 2. The SMILES string of the molecule is COCn1nc(NC2C3CCC2CN(c2cc(C)ncn2)C3)nc1Oc1cc(F)cc(Cl)c1. The number of ether oxygens (including phenoxy) is 2. The second-order valence-electron chi connectivity index (χ2n) is 8.53. The van der Waals surface area contributed by atoms with Gasteiger partial charge in [-0.1, -0.05) is 11.6 Å². The van der Waals surface area contributed by atoms with E-state index in [1.54, 1.807) is 13.4 Å². The molecule has 5 rings (SSSR count). The first-order valence-corrected chi connectivity index (χ1v) is 11.2. The van der Waals surface area contributed by atoms with E-state index in [0.717, 1.165) is 37.4 Å². The average molecular weight is 474 g/mol. The van der Waals surface area contributed by atoms with Crippen LogP contribution in [0.4, 0.5) is 16.2 Å². The van der Waals surface area contributed by atoms with Crippen LogP contribution in [0.15, 0.2) is 30.6 Å². The zero-order valence-electron chi connectivity index (χ0n) is 18.4. The van der Waals surface area contributed by atoms with Gasteiger partial charge in [-0.25, -0.2) is 14.4 Å². The maximum absolute atomic E-state index is 13.7. The molecule has 2 atom stereocenters. The van der Waals surface area contributed by atoms with Gasteiger partial charge in [-0.3, -0.25) is 0 Å². The van der Waals surface area contributed by atoms with E-state index in [-0.39, 0.29) is 29.6 Å². The van der Waals surface area contributed by atoms with Gasteiger partial charge in [-0.2, -0.15) is 9.67 Å². The minimum Gasteiger partial charge on any atom is -0.424 e.